The normalized spacial score (nSPS) is 15.0. The topological polar surface area (TPSA) is 37.4 Å². The highest BCUT2D eigenvalue weighted by Crippen LogP contribution is 2.21. The summed E-state index contributed by atoms with van der Waals surface area (Å²) in [6, 6.07) is 18.0. The van der Waals surface area contributed by atoms with Crippen molar-refractivity contribution >= 4 is 35.1 Å². The summed E-state index contributed by atoms with van der Waals surface area (Å²) >= 11 is 1.07. The number of amides is 2. The minimum atomic E-state index is -0.155. The number of hydrogen-bond donors (Lipinski definition) is 0. The summed E-state index contributed by atoms with van der Waals surface area (Å²) < 4.78 is 0. The van der Waals surface area contributed by atoms with Crippen LogP contribution in [-0.2, 0) is 11.3 Å². The molecule has 0 bridgehead atoms. The highest BCUT2D eigenvalue weighted by Gasteiger charge is 2.29. The number of rotatable bonds is 4. The van der Waals surface area contributed by atoms with Crippen LogP contribution in [-0.4, -0.2) is 21.8 Å². The fraction of sp³-hybridized carbons (Fsp3) is 0.111. The Morgan fingerprint density at radius 3 is 2.14 bits per heavy atom. The lowest BCUT2D eigenvalue weighted by Gasteiger charge is -2.12. The van der Waals surface area contributed by atoms with E-state index in [1.165, 1.54) is 4.90 Å². The zero-order valence-electron chi connectivity index (χ0n) is 11.9. The molecule has 0 spiro atoms. The Morgan fingerprint density at radius 2 is 1.55 bits per heavy atom. The molecule has 4 heteroatoms. The van der Waals surface area contributed by atoms with Crippen LogP contribution in [0.15, 0.2) is 54.6 Å². The van der Waals surface area contributed by atoms with Crippen LogP contribution in [0.25, 0.3) is 12.2 Å². The van der Waals surface area contributed by atoms with Gasteiger partial charge in [0, 0.05) is 0 Å². The first-order valence-electron chi connectivity index (χ1n) is 7.01. The molecule has 1 heterocycles. The number of hydrogen-bond acceptors (Lipinski definition) is 3. The molecule has 0 atom stereocenters. The van der Waals surface area contributed by atoms with Crippen molar-refractivity contribution in [2.45, 2.75) is 6.54 Å². The molecule has 0 N–H and O–H groups in total. The number of nitrogens with zero attached hydrogens (tertiary/aromatic N) is 1. The van der Waals surface area contributed by atoms with Gasteiger partial charge in [0.25, 0.3) is 5.24 Å². The number of imide groups is 1. The second-order valence-corrected chi connectivity index (χ2v) is 5.95. The van der Waals surface area contributed by atoms with E-state index in [1.54, 1.807) is 0 Å². The molecule has 0 aromatic heterocycles. The molecule has 110 valence electrons. The average molecular weight is 309 g/mol. The third-order valence-electron chi connectivity index (χ3n) is 3.43. The third-order valence-corrected chi connectivity index (χ3v) is 4.29. The predicted octanol–water partition coefficient (Wildman–Crippen LogP) is 4.05. The van der Waals surface area contributed by atoms with Gasteiger partial charge in [0.05, 0.1) is 12.3 Å². The number of carbonyl (C=O) groups is 2. The molecular weight excluding hydrogens is 294 g/mol. The Bertz CT molecular complexity index is 692. The van der Waals surface area contributed by atoms with Crippen molar-refractivity contribution in [1.29, 1.82) is 0 Å². The minimum Gasteiger partial charge on any atom is -0.273 e. The average Bonchev–Trinajstić information content (AvgIpc) is 2.87. The summed E-state index contributed by atoms with van der Waals surface area (Å²) in [6.45, 7) is 0.355. The van der Waals surface area contributed by atoms with Gasteiger partial charge in [-0.05, 0) is 16.7 Å². The van der Waals surface area contributed by atoms with E-state index in [4.69, 9.17) is 0 Å². The van der Waals surface area contributed by atoms with Gasteiger partial charge in [0.1, 0.15) is 0 Å². The van der Waals surface area contributed by atoms with Gasteiger partial charge >= 0.3 is 0 Å². The number of carbonyl (C=O) groups excluding carboxylic acids is 2. The summed E-state index contributed by atoms with van der Waals surface area (Å²) in [6.07, 6.45) is 4.10. The Hall–Kier alpha value is -2.33. The third kappa shape index (κ3) is 3.46. The van der Waals surface area contributed by atoms with E-state index in [9.17, 15) is 9.59 Å². The van der Waals surface area contributed by atoms with Crippen molar-refractivity contribution in [1.82, 2.24) is 4.90 Å². The zero-order valence-corrected chi connectivity index (χ0v) is 12.8. The van der Waals surface area contributed by atoms with Gasteiger partial charge in [-0.15, -0.1) is 0 Å². The molecule has 0 unspecified atom stereocenters. The van der Waals surface area contributed by atoms with Crippen molar-refractivity contribution < 1.29 is 9.59 Å². The van der Waals surface area contributed by atoms with E-state index >= 15 is 0 Å². The van der Waals surface area contributed by atoms with Crippen LogP contribution in [0.3, 0.4) is 0 Å². The van der Waals surface area contributed by atoms with Crippen molar-refractivity contribution in [3.05, 3.63) is 71.3 Å². The van der Waals surface area contributed by atoms with Crippen LogP contribution in [0, 0.1) is 0 Å². The largest absolute Gasteiger partial charge is 0.289 e. The van der Waals surface area contributed by atoms with Gasteiger partial charge in [-0.1, -0.05) is 78.5 Å². The molecule has 3 nitrogen and oxygen atoms in total. The van der Waals surface area contributed by atoms with Crippen LogP contribution in [0.1, 0.15) is 16.7 Å². The molecule has 0 radical (unpaired) electrons. The van der Waals surface area contributed by atoms with Crippen LogP contribution in [0.5, 0.6) is 0 Å². The van der Waals surface area contributed by atoms with Gasteiger partial charge < -0.3 is 0 Å². The van der Waals surface area contributed by atoms with Crippen LogP contribution >= 0.6 is 11.8 Å². The molecule has 22 heavy (non-hydrogen) atoms. The van der Waals surface area contributed by atoms with Crippen LogP contribution in [0.2, 0.25) is 0 Å². The van der Waals surface area contributed by atoms with E-state index in [0.717, 1.165) is 28.5 Å². The minimum absolute atomic E-state index is 0.108. The van der Waals surface area contributed by atoms with E-state index in [0.29, 0.717) is 6.54 Å². The predicted molar refractivity (Wildman–Crippen MR) is 90.2 cm³/mol. The summed E-state index contributed by atoms with van der Waals surface area (Å²) in [5, 5.41) is -0.155. The Morgan fingerprint density at radius 1 is 0.909 bits per heavy atom. The van der Waals surface area contributed by atoms with E-state index in [-0.39, 0.29) is 16.9 Å². The maximum atomic E-state index is 11.6. The molecule has 1 aliphatic heterocycles. The lowest BCUT2D eigenvalue weighted by molar-refractivity contribution is -0.125. The summed E-state index contributed by atoms with van der Waals surface area (Å²) in [4.78, 5) is 24.5. The van der Waals surface area contributed by atoms with Gasteiger partial charge in [0.15, 0.2) is 0 Å². The molecule has 2 aromatic rings. The zero-order chi connectivity index (χ0) is 15.4. The Kier molecular flexibility index (Phi) is 4.39. The standard InChI is InChI=1S/C18H15NO2S/c20-17-13-22-18(21)19(17)12-16-10-8-15(9-11-16)7-6-14-4-2-1-3-5-14/h1-11H,12-13H2. The lowest BCUT2D eigenvalue weighted by atomic mass is 10.1. The maximum Gasteiger partial charge on any atom is 0.289 e. The highest BCUT2D eigenvalue weighted by molar-refractivity contribution is 8.14. The van der Waals surface area contributed by atoms with Gasteiger partial charge in [-0.2, -0.15) is 0 Å². The number of thioether (sulfide) groups is 1. The van der Waals surface area contributed by atoms with E-state index in [1.807, 2.05) is 60.7 Å². The molecule has 1 aliphatic rings. The molecule has 1 saturated heterocycles. The number of benzene rings is 2. The molecular formula is C18H15NO2S. The summed E-state index contributed by atoms with van der Waals surface area (Å²) in [5.41, 5.74) is 3.19. The summed E-state index contributed by atoms with van der Waals surface area (Å²) in [7, 11) is 0. The Balaban J connectivity index is 1.67. The van der Waals surface area contributed by atoms with Crippen molar-refractivity contribution in [2.75, 3.05) is 5.75 Å². The molecule has 0 saturated carbocycles. The monoisotopic (exact) mass is 309 g/mol. The molecule has 1 fully saturated rings. The first kappa shape index (κ1) is 14.6. The summed E-state index contributed by atoms with van der Waals surface area (Å²) in [5.74, 6) is 0.152. The quantitative estimate of drug-likeness (QED) is 0.800. The van der Waals surface area contributed by atoms with Crippen molar-refractivity contribution in [3.63, 3.8) is 0 Å². The van der Waals surface area contributed by atoms with Gasteiger partial charge in [-0.3, -0.25) is 14.5 Å². The second-order valence-electron chi connectivity index (χ2n) is 5.02. The van der Waals surface area contributed by atoms with Crippen LogP contribution in [0.4, 0.5) is 4.79 Å². The smallest absolute Gasteiger partial charge is 0.273 e. The second kappa shape index (κ2) is 6.62. The lowest BCUT2D eigenvalue weighted by Crippen LogP contribution is -2.27. The van der Waals surface area contributed by atoms with Crippen molar-refractivity contribution in [3.8, 4) is 0 Å². The molecule has 2 aromatic carbocycles. The SMILES string of the molecule is O=C1CSC(=O)N1Cc1ccc(C=Cc2ccccc2)cc1. The molecule has 0 aliphatic carbocycles. The van der Waals surface area contributed by atoms with E-state index in [2.05, 4.69) is 6.08 Å². The molecule has 2 amide bonds. The van der Waals surface area contributed by atoms with Gasteiger partial charge in [0.2, 0.25) is 5.91 Å². The van der Waals surface area contributed by atoms with Crippen molar-refractivity contribution in [2.24, 2.45) is 0 Å². The van der Waals surface area contributed by atoms with E-state index < -0.39 is 0 Å². The fourth-order valence-corrected chi connectivity index (χ4v) is 2.93. The maximum absolute atomic E-state index is 11.6. The van der Waals surface area contributed by atoms with Gasteiger partial charge in [-0.25, -0.2) is 0 Å². The fourth-order valence-electron chi connectivity index (χ4n) is 2.21. The first-order valence-corrected chi connectivity index (χ1v) is 8.00. The Labute approximate surface area is 133 Å². The van der Waals surface area contributed by atoms with Crippen LogP contribution < -0.4 is 0 Å². The molecule has 3 rings (SSSR count). The highest BCUT2D eigenvalue weighted by atomic mass is 32.2. The first-order chi connectivity index (χ1) is 10.7.